The Kier molecular flexibility index (Phi) is 5.69. The van der Waals surface area contributed by atoms with E-state index in [2.05, 4.69) is 30.6 Å². The maximum atomic E-state index is 11.7. The number of carbonyl (C=O) groups is 1. The van der Waals surface area contributed by atoms with Gasteiger partial charge in [0.1, 0.15) is 6.61 Å². The molecule has 0 heterocycles. The van der Waals surface area contributed by atoms with Crippen LogP contribution in [0.4, 0.5) is 10.5 Å². The van der Waals surface area contributed by atoms with Gasteiger partial charge in [0.05, 0.1) is 0 Å². The van der Waals surface area contributed by atoms with Gasteiger partial charge in [0.2, 0.25) is 0 Å². The number of amides is 1. The number of anilines is 1. The van der Waals surface area contributed by atoms with Crippen LogP contribution in [0.25, 0.3) is 0 Å². The lowest BCUT2D eigenvalue weighted by atomic mass is 10.2. The Labute approximate surface area is 128 Å². The first-order chi connectivity index (χ1) is 10.2. The number of rotatable bonds is 5. The fourth-order valence-corrected chi connectivity index (χ4v) is 2.88. The molecule has 0 aromatic heterocycles. The fraction of sp³-hybridized carbons (Fsp3) is 0.235. The minimum atomic E-state index is -0.430. The van der Waals surface area contributed by atoms with E-state index in [1.54, 1.807) is 0 Å². The van der Waals surface area contributed by atoms with E-state index < -0.39 is 6.09 Å². The normalized spacial score (nSPS) is 12.6. The first-order valence-electron chi connectivity index (χ1n) is 6.98. The molecule has 0 saturated carbocycles. The summed E-state index contributed by atoms with van der Waals surface area (Å²) >= 11 is 0. The number of benzene rings is 2. The zero-order chi connectivity index (χ0) is 15.1. The Morgan fingerprint density at radius 1 is 1.10 bits per heavy atom. The van der Waals surface area contributed by atoms with Crippen molar-refractivity contribution < 1.29 is 9.53 Å². The predicted octanol–water partition coefficient (Wildman–Crippen LogP) is 4.45. The standard InChI is InChI=1S/C17H21NO2S/c1-3-21(2)16-11-9-15(10-12-16)18-17(19)20-13-14-7-5-4-6-8-14/h4-12,21H,3,13H2,1-2H3,(H,18,19). The van der Waals surface area contributed by atoms with Crippen molar-refractivity contribution in [3.8, 4) is 0 Å². The Bertz CT molecular complexity index is 569. The topological polar surface area (TPSA) is 38.3 Å². The van der Waals surface area contributed by atoms with Gasteiger partial charge >= 0.3 is 6.09 Å². The second-order valence-electron chi connectivity index (χ2n) is 4.75. The molecular formula is C17H21NO2S. The highest BCUT2D eigenvalue weighted by Gasteiger charge is 2.04. The molecule has 0 spiro atoms. The van der Waals surface area contributed by atoms with Gasteiger partial charge in [0.15, 0.2) is 0 Å². The molecule has 0 radical (unpaired) electrons. The summed E-state index contributed by atoms with van der Waals surface area (Å²) in [6.07, 6.45) is 1.83. The van der Waals surface area contributed by atoms with E-state index in [0.717, 1.165) is 11.3 Å². The van der Waals surface area contributed by atoms with Crippen LogP contribution in [0.15, 0.2) is 59.5 Å². The van der Waals surface area contributed by atoms with Crippen LogP contribution < -0.4 is 5.32 Å². The Balaban J connectivity index is 1.85. The monoisotopic (exact) mass is 303 g/mol. The zero-order valence-corrected chi connectivity index (χ0v) is 13.3. The fourth-order valence-electron chi connectivity index (χ4n) is 1.86. The van der Waals surface area contributed by atoms with E-state index in [-0.39, 0.29) is 17.5 Å². The molecule has 0 saturated heterocycles. The summed E-state index contributed by atoms with van der Waals surface area (Å²) in [6, 6.07) is 17.6. The smallest absolute Gasteiger partial charge is 0.411 e. The molecule has 0 aliphatic rings. The number of hydrogen-bond acceptors (Lipinski definition) is 2. The third kappa shape index (κ3) is 4.83. The third-order valence-corrected chi connectivity index (χ3v) is 5.37. The lowest BCUT2D eigenvalue weighted by molar-refractivity contribution is 0.155. The summed E-state index contributed by atoms with van der Waals surface area (Å²) in [4.78, 5) is 13.1. The van der Waals surface area contributed by atoms with Crippen molar-refractivity contribution >= 4 is 22.7 Å². The Morgan fingerprint density at radius 2 is 1.76 bits per heavy atom. The first-order valence-corrected chi connectivity index (χ1v) is 8.95. The van der Waals surface area contributed by atoms with E-state index in [0.29, 0.717) is 0 Å². The molecule has 1 N–H and O–H groups in total. The summed E-state index contributed by atoms with van der Waals surface area (Å²) in [6.45, 7) is 2.47. The minimum absolute atomic E-state index is 0.0872. The van der Waals surface area contributed by atoms with Gasteiger partial charge in [-0.2, -0.15) is 0 Å². The summed E-state index contributed by atoms with van der Waals surface area (Å²) < 4.78 is 5.18. The number of hydrogen-bond donors (Lipinski definition) is 2. The molecule has 0 aliphatic carbocycles. The van der Waals surface area contributed by atoms with Crippen molar-refractivity contribution in [1.29, 1.82) is 0 Å². The highest BCUT2D eigenvalue weighted by Crippen LogP contribution is 2.32. The molecule has 0 fully saturated rings. The molecule has 1 amide bonds. The minimum Gasteiger partial charge on any atom is -0.444 e. The van der Waals surface area contributed by atoms with Crippen LogP contribution in [-0.4, -0.2) is 18.1 Å². The van der Waals surface area contributed by atoms with E-state index in [1.165, 1.54) is 10.6 Å². The zero-order valence-electron chi connectivity index (χ0n) is 12.4. The SMILES string of the molecule is CC[SH](C)c1ccc(NC(=O)OCc2ccccc2)cc1. The van der Waals surface area contributed by atoms with Crippen LogP contribution in [0, 0.1) is 0 Å². The summed E-state index contributed by atoms with van der Waals surface area (Å²) in [5.74, 6) is 1.17. The molecular weight excluding hydrogens is 282 g/mol. The summed E-state index contributed by atoms with van der Waals surface area (Å²) in [5, 5.41) is 2.74. The summed E-state index contributed by atoms with van der Waals surface area (Å²) in [7, 11) is -0.0872. The highest BCUT2D eigenvalue weighted by atomic mass is 32.2. The molecule has 3 nitrogen and oxygen atoms in total. The van der Waals surface area contributed by atoms with E-state index in [4.69, 9.17) is 4.74 Å². The molecule has 21 heavy (non-hydrogen) atoms. The number of thiol groups is 1. The van der Waals surface area contributed by atoms with Gasteiger partial charge in [0, 0.05) is 5.69 Å². The van der Waals surface area contributed by atoms with Crippen molar-refractivity contribution in [3.05, 3.63) is 60.2 Å². The second kappa shape index (κ2) is 7.74. The first kappa shape index (κ1) is 15.4. The number of nitrogens with one attached hydrogen (secondary N) is 1. The largest absolute Gasteiger partial charge is 0.444 e. The maximum absolute atomic E-state index is 11.7. The lowest BCUT2D eigenvalue weighted by Crippen LogP contribution is -2.13. The van der Waals surface area contributed by atoms with Crippen LogP contribution in [-0.2, 0) is 11.3 Å². The highest BCUT2D eigenvalue weighted by molar-refractivity contribution is 8.16. The van der Waals surface area contributed by atoms with E-state index >= 15 is 0 Å². The van der Waals surface area contributed by atoms with Gasteiger partial charge < -0.3 is 4.74 Å². The second-order valence-corrected chi connectivity index (χ2v) is 7.29. The third-order valence-electron chi connectivity index (χ3n) is 3.24. The van der Waals surface area contributed by atoms with Crippen LogP contribution in [0.5, 0.6) is 0 Å². The molecule has 112 valence electrons. The summed E-state index contributed by atoms with van der Waals surface area (Å²) in [5.41, 5.74) is 1.74. The van der Waals surface area contributed by atoms with Crippen molar-refractivity contribution in [1.82, 2.24) is 0 Å². The Morgan fingerprint density at radius 3 is 2.38 bits per heavy atom. The molecule has 4 heteroatoms. The van der Waals surface area contributed by atoms with Gasteiger partial charge in [-0.25, -0.2) is 15.7 Å². The number of ether oxygens (including phenoxy) is 1. The molecule has 2 aromatic rings. The van der Waals surface area contributed by atoms with Crippen LogP contribution in [0.2, 0.25) is 0 Å². The van der Waals surface area contributed by atoms with Crippen molar-refractivity contribution in [3.63, 3.8) is 0 Å². The van der Waals surface area contributed by atoms with Crippen LogP contribution >= 0.6 is 10.9 Å². The van der Waals surface area contributed by atoms with Crippen LogP contribution in [0.3, 0.4) is 0 Å². The van der Waals surface area contributed by atoms with Gasteiger partial charge in [-0.05, 0) is 46.7 Å². The lowest BCUT2D eigenvalue weighted by Gasteiger charge is -2.14. The van der Waals surface area contributed by atoms with Crippen molar-refractivity contribution in [2.75, 3.05) is 17.3 Å². The average molecular weight is 303 g/mol. The van der Waals surface area contributed by atoms with E-state index in [9.17, 15) is 4.79 Å². The molecule has 2 rings (SSSR count). The molecule has 0 bridgehead atoms. The molecule has 1 atom stereocenters. The predicted molar refractivity (Wildman–Crippen MR) is 90.4 cm³/mol. The van der Waals surface area contributed by atoms with Crippen molar-refractivity contribution in [2.45, 2.75) is 18.4 Å². The van der Waals surface area contributed by atoms with Gasteiger partial charge in [-0.3, -0.25) is 5.32 Å². The van der Waals surface area contributed by atoms with Crippen molar-refractivity contribution in [2.24, 2.45) is 0 Å². The van der Waals surface area contributed by atoms with E-state index in [1.807, 2.05) is 42.5 Å². The molecule has 2 aromatic carbocycles. The van der Waals surface area contributed by atoms with Gasteiger partial charge in [-0.1, -0.05) is 37.3 Å². The average Bonchev–Trinajstić information content (AvgIpc) is 2.54. The molecule has 1 unspecified atom stereocenters. The Hall–Kier alpha value is -1.94. The van der Waals surface area contributed by atoms with Crippen LogP contribution in [0.1, 0.15) is 12.5 Å². The van der Waals surface area contributed by atoms with Gasteiger partial charge in [-0.15, -0.1) is 0 Å². The van der Waals surface area contributed by atoms with Gasteiger partial charge in [0.25, 0.3) is 0 Å². The quantitative estimate of drug-likeness (QED) is 0.801. The molecule has 0 aliphatic heterocycles. The maximum Gasteiger partial charge on any atom is 0.411 e. The number of carbonyl (C=O) groups excluding carboxylic acids is 1.